The molecule has 1 heterocycles. The third-order valence-corrected chi connectivity index (χ3v) is 3.46. The van der Waals surface area contributed by atoms with E-state index in [1.165, 1.54) is 5.69 Å². The van der Waals surface area contributed by atoms with Crippen molar-refractivity contribution in [3.05, 3.63) is 28.2 Å². The summed E-state index contributed by atoms with van der Waals surface area (Å²) in [4.78, 5) is 2.32. The Morgan fingerprint density at radius 2 is 2.00 bits per heavy atom. The normalized spacial score (nSPS) is 15.8. The van der Waals surface area contributed by atoms with Gasteiger partial charge in [-0.1, -0.05) is 6.07 Å². The molecular formula is C11H14BrCl2NO. The maximum absolute atomic E-state index is 5.78. The molecule has 0 unspecified atom stereocenters. The van der Waals surface area contributed by atoms with Crippen LogP contribution >= 0.6 is 39.9 Å². The molecule has 2 nitrogen and oxygen atoms in total. The Labute approximate surface area is 115 Å². The van der Waals surface area contributed by atoms with Gasteiger partial charge in [0.1, 0.15) is 0 Å². The maximum atomic E-state index is 5.78. The fourth-order valence-electron chi connectivity index (χ4n) is 1.69. The first-order valence-electron chi connectivity index (χ1n) is 4.98. The first-order chi connectivity index (χ1) is 7.31. The summed E-state index contributed by atoms with van der Waals surface area (Å²) in [6, 6.07) is 6.27. The van der Waals surface area contributed by atoms with Crippen molar-refractivity contribution in [3.8, 4) is 0 Å². The fraction of sp³-hybridized carbons (Fsp3) is 0.455. The Morgan fingerprint density at radius 1 is 1.31 bits per heavy atom. The fourth-order valence-corrected chi connectivity index (χ4v) is 2.54. The smallest absolute Gasteiger partial charge is 0.0642 e. The van der Waals surface area contributed by atoms with Gasteiger partial charge in [0.15, 0.2) is 0 Å². The van der Waals surface area contributed by atoms with E-state index in [1.54, 1.807) is 0 Å². The maximum Gasteiger partial charge on any atom is 0.0642 e. The molecule has 90 valence electrons. The van der Waals surface area contributed by atoms with Gasteiger partial charge in [-0.15, -0.1) is 24.0 Å². The van der Waals surface area contributed by atoms with Gasteiger partial charge in [0, 0.05) is 23.4 Å². The van der Waals surface area contributed by atoms with Crippen molar-refractivity contribution in [2.75, 3.05) is 31.2 Å². The van der Waals surface area contributed by atoms with E-state index < -0.39 is 0 Å². The lowest BCUT2D eigenvalue weighted by Gasteiger charge is -2.29. The summed E-state index contributed by atoms with van der Waals surface area (Å²) < 4.78 is 6.44. The molecule has 1 aromatic rings. The third-order valence-electron chi connectivity index (χ3n) is 2.52. The molecule has 0 atom stereocenters. The van der Waals surface area contributed by atoms with Crippen LogP contribution in [0.2, 0.25) is 0 Å². The highest BCUT2D eigenvalue weighted by atomic mass is 79.9. The van der Waals surface area contributed by atoms with Crippen LogP contribution in [0, 0.1) is 0 Å². The average Bonchev–Trinajstić information content (AvgIpc) is 2.30. The summed E-state index contributed by atoms with van der Waals surface area (Å²) in [6.45, 7) is 3.53. The van der Waals surface area contributed by atoms with E-state index in [4.69, 9.17) is 16.3 Å². The first-order valence-corrected chi connectivity index (χ1v) is 6.31. The molecule has 0 N–H and O–H groups in total. The molecule has 0 saturated carbocycles. The summed E-state index contributed by atoms with van der Waals surface area (Å²) in [5.74, 6) is 0.558. The number of benzene rings is 1. The van der Waals surface area contributed by atoms with Gasteiger partial charge in [-0.25, -0.2) is 0 Å². The van der Waals surface area contributed by atoms with E-state index in [9.17, 15) is 0 Å². The molecule has 1 aliphatic rings. The summed E-state index contributed by atoms with van der Waals surface area (Å²) in [5.41, 5.74) is 2.37. The largest absolute Gasteiger partial charge is 0.378 e. The van der Waals surface area contributed by atoms with E-state index in [1.807, 2.05) is 0 Å². The topological polar surface area (TPSA) is 12.5 Å². The highest BCUT2D eigenvalue weighted by molar-refractivity contribution is 9.10. The number of alkyl halides is 1. The molecular weight excluding hydrogens is 313 g/mol. The van der Waals surface area contributed by atoms with Crippen LogP contribution in [0.3, 0.4) is 0 Å². The number of rotatable bonds is 2. The van der Waals surface area contributed by atoms with E-state index in [2.05, 4.69) is 39.0 Å². The molecule has 0 amide bonds. The Hall–Kier alpha value is 0.0400. The number of ether oxygens (including phenoxy) is 1. The van der Waals surface area contributed by atoms with Crippen LogP contribution in [0.5, 0.6) is 0 Å². The highest BCUT2D eigenvalue weighted by Crippen LogP contribution is 2.28. The van der Waals surface area contributed by atoms with Gasteiger partial charge in [-0.3, -0.25) is 0 Å². The van der Waals surface area contributed by atoms with Gasteiger partial charge in [-0.2, -0.15) is 0 Å². The minimum absolute atomic E-state index is 0. The Bertz CT molecular complexity index is 343. The summed E-state index contributed by atoms with van der Waals surface area (Å²) in [6.07, 6.45) is 0. The first kappa shape index (κ1) is 14.1. The van der Waals surface area contributed by atoms with Crippen LogP contribution < -0.4 is 4.90 Å². The summed E-state index contributed by atoms with van der Waals surface area (Å²) >= 11 is 9.36. The Morgan fingerprint density at radius 3 is 2.56 bits per heavy atom. The molecule has 1 saturated heterocycles. The molecule has 5 heteroatoms. The van der Waals surface area contributed by atoms with Crippen molar-refractivity contribution in [1.29, 1.82) is 0 Å². The van der Waals surface area contributed by atoms with Crippen LogP contribution in [-0.2, 0) is 10.6 Å². The lowest BCUT2D eigenvalue weighted by atomic mass is 10.2. The molecule has 0 aromatic heterocycles. The molecule has 16 heavy (non-hydrogen) atoms. The van der Waals surface area contributed by atoms with Gasteiger partial charge in [0.2, 0.25) is 0 Å². The Kier molecular flexibility index (Phi) is 5.90. The lowest BCUT2D eigenvalue weighted by molar-refractivity contribution is 0.122. The van der Waals surface area contributed by atoms with Crippen molar-refractivity contribution in [2.45, 2.75) is 5.88 Å². The number of hydrogen-bond acceptors (Lipinski definition) is 2. The van der Waals surface area contributed by atoms with Crippen LogP contribution in [-0.4, -0.2) is 26.3 Å². The molecule has 1 fully saturated rings. The van der Waals surface area contributed by atoms with Gasteiger partial charge in [0.05, 0.1) is 18.9 Å². The van der Waals surface area contributed by atoms with Crippen molar-refractivity contribution >= 4 is 45.6 Å². The zero-order chi connectivity index (χ0) is 10.7. The predicted molar refractivity (Wildman–Crippen MR) is 74.0 cm³/mol. The minimum atomic E-state index is 0. The van der Waals surface area contributed by atoms with Crippen molar-refractivity contribution in [3.63, 3.8) is 0 Å². The third kappa shape index (κ3) is 3.27. The van der Waals surface area contributed by atoms with Crippen LogP contribution in [0.4, 0.5) is 5.69 Å². The minimum Gasteiger partial charge on any atom is -0.378 e. The number of anilines is 1. The van der Waals surface area contributed by atoms with E-state index >= 15 is 0 Å². The van der Waals surface area contributed by atoms with Gasteiger partial charge < -0.3 is 9.64 Å². The van der Waals surface area contributed by atoms with Gasteiger partial charge >= 0.3 is 0 Å². The van der Waals surface area contributed by atoms with Crippen molar-refractivity contribution in [1.82, 2.24) is 0 Å². The molecule has 2 rings (SSSR count). The average molecular weight is 327 g/mol. The van der Waals surface area contributed by atoms with Crippen LogP contribution in [0.25, 0.3) is 0 Å². The second kappa shape index (κ2) is 6.70. The molecule has 0 aliphatic carbocycles. The second-order valence-electron chi connectivity index (χ2n) is 3.52. The molecule has 0 spiro atoms. The Balaban J connectivity index is 0.00000128. The predicted octanol–water partition coefficient (Wildman–Crippen LogP) is 3.45. The quantitative estimate of drug-likeness (QED) is 0.772. The highest BCUT2D eigenvalue weighted by Gasteiger charge is 2.13. The van der Waals surface area contributed by atoms with E-state index in [-0.39, 0.29) is 12.4 Å². The number of nitrogens with zero attached hydrogens (tertiary/aromatic N) is 1. The van der Waals surface area contributed by atoms with E-state index in [0.29, 0.717) is 5.88 Å². The number of hydrogen-bond donors (Lipinski definition) is 0. The van der Waals surface area contributed by atoms with Crippen LogP contribution in [0.1, 0.15) is 5.56 Å². The second-order valence-corrected chi connectivity index (χ2v) is 4.64. The van der Waals surface area contributed by atoms with Crippen molar-refractivity contribution < 1.29 is 4.74 Å². The van der Waals surface area contributed by atoms with Crippen molar-refractivity contribution in [2.24, 2.45) is 0 Å². The summed E-state index contributed by atoms with van der Waals surface area (Å²) in [7, 11) is 0. The summed E-state index contributed by atoms with van der Waals surface area (Å²) in [5, 5.41) is 0. The molecule has 0 bridgehead atoms. The van der Waals surface area contributed by atoms with Crippen LogP contribution in [0.15, 0.2) is 22.7 Å². The SMILES string of the molecule is Cl.ClCc1ccc(N2CCOCC2)c(Br)c1. The number of halogens is 3. The van der Waals surface area contributed by atoms with E-state index in [0.717, 1.165) is 36.3 Å². The standard InChI is InChI=1S/C11H13BrClNO.ClH/c12-10-7-9(8-13)1-2-11(10)14-3-5-15-6-4-14;/h1-2,7H,3-6,8H2;1H. The molecule has 1 aromatic carbocycles. The molecule has 1 aliphatic heterocycles. The lowest BCUT2D eigenvalue weighted by Crippen LogP contribution is -2.36. The zero-order valence-electron chi connectivity index (χ0n) is 8.79. The van der Waals surface area contributed by atoms with Gasteiger partial charge in [-0.05, 0) is 33.6 Å². The van der Waals surface area contributed by atoms with Gasteiger partial charge in [0.25, 0.3) is 0 Å². The zero-order valence-corrected chi connectivity index (χ0v) is 11.9. The molecule has 0 radical (unpaired) electrons. The number of morpholine rings is 1. The monoisotopic (exact) mass is 325 g/mol.